The highest BCUT2D eigenvalue weighted by molar-refractivity contribution is 6.25. The maximum atomic E-state index is 10.7. The zero-order chi connectivity index (χ0) is 12.7. The molecule has 0 heterocycles. The molecule has 1 rings (SSSR count). The largest absolute Gasteiger partial charge is 0.493 e. The summed E-state index contributed by atoms with van der Waals surface area (Å²) >= 11 is 5.39. The monoisotopic (exact) mass is 256 g/mol. The van der Waals surface area contributed by atoms with E-state index in [-0.39, 0.29) is 6.61 Å². The molecule has 1 aromatic rings. The van der Waals surface area contributed by atoms with Gasteiger partial charge in [-0.05, 0) is 18.2 Å². The summed E-state index contributed by atoms with van der Waals surface area (Å²) in [7, 11) is 2.99. The van der Waals surface area contributed by atoms with Gasteiger partial charge < -0.3 is 14.2 Å². The molecular weight excluding hydrogens is 244 g/mol. The molecule has 0 aromatic heterocycles. The summed E-state index contributed by atoms with van der Waals surface area (Å²) < 4.78 is 15.7. The average Bonchev–Trinajstić information content (AvgIpc) is 2.38. The molecule has 0 aliphatic heterocycles. The number of aldehydes is 1. The van der Waals surface area contributed by atoms with Crippen LogP contribution in [0.2, 0.25) is 0 Å². The van der Waals surface area contributed by atoms with E-state index in [0.29, 0.717) is 29.1 Å². The van der Waals surface area contributed by atoms with Crippen molar-refractivity contribution in [3.8, 4) is 17.2 Å². The lowest BCUT2D eigenvalue weighted by Crippen LogP contribution is -2.00. The summed E-state index contributed by atoms with van der Waals surface area (Å²) in [5.41, 5.74) is 1.82. The SMILES string of the molecule is COc1cc(C=O)cc(OC)c1OC/C=C/Cl. The number of carbonyl (C=O) groups is 1. The van der Waals surface area contributed by atoms with Gasteiger partial charge in [0.25, 0.3) is 0 Å². The van der Waals surface area contributed by atoms with Gasteiger partial charge in [-0.25, -0.2) is 0 Å². The maximum absolute atomic E-state index is 10.7. The van der Waals surface area contributed by atoms with Crippen molar-refractivity contribution in [2.45, 2.75) is 0 Å². The van der Waals surface area contributed by atoms with Crippen LogP contribution < -0.4 is 14.2 Å². The molecule has 0 aliphatic carbocycles. The zero-order valence-electron chi connectivity index (χ0n) is 9.60. The van der Waals surface area contributed by atoms with Gasteiger partial charge in [-0.15, -0.1) is 0 Å². The summed E-state index contributed by atoms with van der Waals surface area (Å²) in [4.78, 5) is 10.7. The molecule has 0 bridgehead atoms. The number of carbonyl (C=O) groups excluding carboxylic acids is 1. The highest BCUT2D eigenvalue weighted by atomic mass is 35.5. The van der Waals surface area contributed by atoms with Crippen LogP contribution in [0.1, 0.15) is 10.4 Å². The third kappa shape index (κ3) is 3.39. The highest BCUT2D eigenvalue weighted by Gasteiger charge is 2.13. The highest BCUT2D eigenvalue weighted by Crippen LogP contribution is 2.38. The second-order valence-corrected chi connectivity index (χ2v) is 3.30. The van der Waals surface area contributed by atoms with Crippen molar-refractivity contribution >= 4 is 17.9 Å². The Hall–Kier alpha value is -1.68. The van der Waals surface area contributed by atoms with Crippen molar-refractivity contribution in [2.75, 3.05) is 20.8 Å². The van der Waals surface area contributed by atoms with Crippen LogP contribution in [-0.4, -0.2) is 27.1 Å². The van der Waals surface area contributed by atoms with Crippen molar-refractivity contribution in [3.63, 3.8) is 0 Å². The van der Waals surface area contributed by atoms with Crippen LogP contribution >= 0.6 is 11.6 Å². The summed E-state index contributed by atoms with van der Waals surface area (Å²) in [6.07, 6.45) is 2.35. The van der Waals surface area contributed by atoms with Crippen LogP contribution in [0.3, 0.4) is 0 Å². The van der Waals surface area contributed by atoms with E-state index < -0.39 is 0 Å². The number of hydrogen-bond donors (Lipinski definition) is 0. The predicted molar refractivity (Wildman–Crippen MR) is 65.4 cm³/mol. The Balaban J connectivity index is 3.10. The van der Waals surface area contributed by atoms with Crippen LogP contribution in [0.5, 0.6) is 17.2 Å². The average molecular weight is 257 g/mol. The Bertz CT molecular complexity index is 390. The van der Waals surface area contributed by atoms with Gasteiger partial charge in [0.2, 0.25) is 5.75 Å². The van der Waals surface area contributed by atoms with Gasteiger partial charge in [0.05, 0.1) is 14.2 Å². The topological polar surface area (TPSA) is 44.8 Å². The minimum atomic E-state index is 0.288. The molecule has 0 unspecified atom stereocenters. The lowest BCUT2D eigenvalue weighted by Gasteiger charge is -2.13. The van der Waals surface area contributed by atoms with Gasteiger partial charge in [0, 0.05) is 11.1 Å². The second kappa shape index (κ2) is 6.81. The van der Waals surface area contributed by atoms with E-state index in [2.05, 4.69) is 0 Å². The molecule has 1 aromatic carbocycles. The normalized spacial score (nSPS) is 10.3. The quantitative estimate of drug-likeness (QED) is 0.734. The van der Waals surface area contributed by atoms with Crippen molar-refractivity contribution in [3.05, 3.63) is 29.3 Å². The fourth-order valence-corrected chi connectivity index (χ4v) is 1.35. The lowest BCUT2D eigenvalue weighted by molar-refractivity contribution is 0.112. The predicted octanol–water partition coefficient (Wildman–Crippen LogP) is 2.65. The van der Waals surface area contributed by atoms with Crippen LogP contribution in [0.4, 0.5) is 0 Å². The second-order valence-electron chi connectivity index (χ2n) is 3.05. The minimum absolute atomic E-state index is 0.288. The van der Waals surface area contributed by atoms with Gasteiger partial charge in [-0.1, -0.05) is 11.6 Å². The number of benzene rings is 1. The first kappa shape index (κ1) is 13.4. The molecule has 0 fully saturated rings. The fourth-order valence-electron chi connectivity index (χ4n) is 1.28. The number of hydrogen-bond acceptors (Lipinski definition) is 4. The van der Waals surface area contributed by atoms with E-state index in [0.717, 1.165) is 0 Å². The maximum Gasteiger partial charge on any atom is 0.203 e. The Kier molecular flexibility index (Phi) is 5.36. The van der Waals surface area contributed by atoms with Crippen LogP contribution in [-0.2, 0) is 0 Å². The Morgan fingerprint density at radius 1 is 1.24 bits per heavy atom. The van der Waals surface area contributed by atoms with Crippen LogP contribution in [0.25, 0.3) is 0 Å². The summed E-state index contributed by atoms with van der Waals surface area (Å²) in [6.45, 7) is 0.288. The zero-order valence-corrected chi connectivity index (χ0v) is 10.4. The van der Waals surface area contributed by atoms with Crippen molar-refractivity contribution in [1.82, 2.24) is 0 Å². The fraction of sp³-hybridized carbons (Fsp3) is 0.250. The molecule has 0 N–H and O–H groups in total. The molecular formula is C12H13ClO4. The molecule has 0 saturated heterocycles. The molecule has 0 spiro atoms. The Labute approximate surface area is 105 Å². The van der Waals surface area contributed by atoms with Gasteiger partial charge in [0.1, 0.15) is 12.9 Å². The molecule has 92 valence electrons. The third-order valence-corrected chi connectivity index (χ3v) is 2.21. The minimum Gasteiger partial charge on any atom is -0.493 e. The van der Waals surface area contributed by atoms with E-state index in [9.17, 15) is 4.79 Å². The first-order chi connectivity index (χ1) is 8.26. The molecule has 0 saturated carbocycles. The van der Waals surface area contributed by atoms with E-state index in [1.807, 2.05) is 0 Å². The van der Waals surface area contributed by atoms with Crippen molar-refractivity contribution < 1.29 is 19.0 Å². The summed E-state index contributed by atoms with van der Waals surface area (Å²) in [5.74, 6) is 1.32. The van der Waals surface area contributed by atoms with E-state index in [1.165, 1.54) is 19.8 Å². The molecule has 17 heavy (non-hydrogen) atoms. The smallest absolute Gasteiger partial charge is 0.203 e. The lowest BCUT2D eigenvalue weighted by atomic mass is 10.2. The van der Waals surface area contributed by atoms with Crippen molar-refractivity contribution in [1.29, 1.82) is 0 Å². The van der Waals surface area contributed by atoms with E-state index >= 15 is 0 Å². The summed E-state index contributed by atoms with van der Waals surface area (Å²) in [5, 5.41) is 0. The Morgan fingerprint density at radius 2 is 1.82 bits per heavy atom. The number of methoxy groups -OCH3 is 2. The number of halogens is 1. The first-order valence-corrected chi connectivity index (χ1v) is 5.29. The van der Waals surface area contributed by atoms with Crippen molar-refractivity contribution in [2.24, 2.45) is 0 Å². The van der Waals surface area contributed by atoms with E-state index in [1.54, 1.807) is 18.2 Å². The Morgan fingerprint density at radius 3 is 2.24 bits per heavy atom. The van der Waals surface area contributed by atoms with Gasteiger partial charge in [-0.2, -0.15) is 0 Å². The van der Waals surface area contributed by atoms with Gasteiger partial charge >= 0.3 is 0 Å². The van der Waals surface area contributed by atoms with Crippen LogP contribution in [0.15, 0.2) is 23.7 Å². The molecule has 0 atom stereocenters. The summed E-state index contributed by atoms with van der Waals surface area (Å²) in [6, 6.07) is 3.16. The molecule has 0 aliphatic rings. The van der Waals surface area contributed by atoms with Gasteiger partial charge in [0.15, 0.2) is 11.5 Å². The standard InChI is InChI=1S/C12H13ClO4/c1-15-10-6-9(8-14)7-11(16-2)12(10)17-5-3-4-13/h3-4,6-8H,5H2,1-2H3/b4-3+. The molecule has 4 nitrogen and oxygen atoms in total. The molecule has 0 radical (unpaired) electrons. The first-order valence-electron chi connectivity index (χ1n) is 4.86. The van der Waals surface area contributed by atoms with E-state index in [4.69, 9.17) is 25.8 Å². The number of ether oxygens (including phenoxy) is 3. The third-order valence-electron chi connectivity index (χ3n) is 2.03. The number of rotatable bonds is 6. The van der Waals surface area contributed by atoms with Gasteiger partial charge in [-0.3, -0.25) is 4.79 Å². The molecule has 5 heteroatoms. The van der Waals surface area contributed by atoms with Crippen LogP contribution in [0, 0.1) is 0 Å². The molecule has 0 amide bonds.